The number of hydrogen-bond acceptors (Lipinski definition) is 6. The van der Waals surface area contributed by atoms with Crippen LogP contribution < -0.4 is 9.64 Å². The van der Waals surface area contributed by atoms with Gasteiger partial charge in [0.15, 0.2) is 7.85 Å². The monoisotopic (exact) mass is 423 g/mol. The number of pyridine rings is 2. The first-order chi connectivity index (χ1) is 15.0. The Labute approximate surface area is 196 Å². The number of nitrogens with zero attached hydrogens (tertiary/aromatic N) is 4. The van der Waals surface area contributed by atoms with E-state index >= 15 is 0 Å². The fourth-order valence-electron chi connectivity index (χ4n) is 4.34. The molecule has 0 atom stereocenters. The highest BCUT2D eigenvalue weighted by Crippen LogP contribution is 2.43. The number of ether oxygens (including phenoxy) is 2. The quantitative estimate of drug-likeness (QED) is 0.404. The third-order valence-corrected chi connectivity index (χ3v) is 6.95. The first-order valence-corrected chi connectivity index (χ1v) is 11.3. The summed E-state index contributed by atoms with van der Waals surface area (Å²) >= 11 is 0. The number of morpholine rings is 1. The van der Waals surface area contributed by atoms with Gasteiger partial charge in [-0.3, -0.25) is 5.10 Å². The van der Waals surface area contributed by atoms with Gasteiger partial charge in [0.05, 0.1) is 72.0 Å². The average Bonchev–Trinajstić information content (AvgIpc) is 3.16. The van der Waals surface area contributed by atoms with Crippen LogP contribution in [-0.4, -0.2) is 107 Å². The van der Waals surface area contributed by atoms with E-state index in [1.54, 1.807) is 6.20 Å². The highest BCUT2D eigenvalue weighted by atomic mass is 16.5. The molecule has 32 heavy (non-hydrogen) atoms. The second-order valence-electron chi connectivity index (χ2n) is 10.8. The van der Waals surface area contributed by atoms with Gasteiger partial charge >= 0.3 is 0 Å². The molecule has 0 amide bonds. The lowest BCUT2D eigenvalue weighted by molar-refractivity contribution is 0.122. The van der Waals surface area contributed by atoms with Gasteiger partial charge in [-0.1, -0.05) is 10.2 Å². The van der Waals surface area contributed by atoms with Crippen LogP contribution in [0.5, 0.6) is 5.88 Å². The highest BCUT2D eigenvalue weighted by Gasteiger charge is 2.47. The summed E-state index contributed by atoms with van der Waals surface area (Å²) in [5.74, 6) is 1.55. The van der Waals surface area contributed by atoms with Crippen LogP contribution in [-0.2, 0) is 4.74 Å². The van der Waals surface area contributed by atoms with E-state index in [2.05, 4.69) is 86.1 Å². The van der Waals surface area contributed by atoms with Crippen LogP contribution in [0.2, 0.25) is 10.2 Å². The maximum atomic E-state index is 6.63. The van der Waals surface area contributed by atoms with Gasteiger partial charge in [-0.05, 0) is 12.1 Å². The summed E-state index contributed by atoms with van der Waals surface area (Å²) in [4.78, 5) is 11.4. The zero-order valence-electron chi connectivity index (χ0n) is 20.3. The topological polar surface area (TPSA) is 76.2 Å². The van der Waals surface area contributed by atoms with E-state index in [-0.39, 0.29) is 10.2 Å². The van der Waals surface area contributed by atoms with E-state index in [9.17, 15) is 0 Å². The predicted molar refractivity (Wildman–Crippen MR) is 149 cm³/mol. The first-order valence-electron chi connectivity index (χ1n) is 11.3. The fraction of sp³-hybridized carbons (Fsp3) is 0.389. The van der Waals surface area contributed by atoms with Crippen molar-refractivity contribution in [1.29, 1.82) is 0 Å². The van der Waals surface area contributed by atoms with Crippen molar-refractivity contribution in [3.05, 3.63) is 30.6 Å². The molecule has 3 aromatic heterocycles. The summed E-state index contributed by atoms with van der Waals surface area (Å²) in [6, 6.07) is 6.09. The number of fused-ring (bicyclic) bond motifs is 1. The van der Waals surface area contributed by atoms with Gasteiger partial charge < -0.3 is 14.4 Å². The van der Waals surface area contributed by atoms with Gasteiger partial charge in [0, 0.05) is 41.8 Å². The van der Waals surface area contributed by atoms with Gasteiger partial charge in [-0.25, -0.2) is 9.97 Å². The average molecular weight is 422 g/mol. The van der Waals surface area contributed by atoms with Crippen molar-refractivity contribution < 1.29 is 9.47 Å². The number of aromatic nitrogens is 4. The van der Waals surface area contributed by atoms with Crippen LogP contribution in [0.15, 0.2) is 30.6 Å². The normalized spacial score (nSPS) is 15.7. The Hall–Kier alpha value is -2.22. The molecule has 0 radical (unpaired) electrons. The molecule has 0 aromatic carbocycles. The van der Waals surface area contributed by atoms with Crippen molar-refractivity contribution in [2.45, 2.75) is 15.7 Å². The molecule has 1 N–H and O–H groups in total. The number of nitrogens with one attached hydrogen (secondary N) is 1. The largest absolute Gasteiger partial charge is 0.484 e. The molecule has 4 rings (SSSR count). The van der Waals surface area contributed by atoms with Crippen LogP contribution in [0, 0.1) is 0 Å². The number of H-pyrrole nitrogens is 1. The Bertz CT molecular complexity index is 1100. The minimum atomic E-state index is -0.426. The summed E-state index contributed by atoms with van der Waals surface area (Å²) in [5, 5.41) is 8.53. The zero-order valence-corrected chi connectivity index (χ0v) is 20.3. The van der Waals surface area contributed by atoms with Gasteiger partial charge in [-0.2, -0.15) is 5.10 Å². The molecule has 7 nitrogen and oxygen atoms in total. The van der Waals surface area contributed by atoms with E-state index in [0.29, 0.717) is 5.88 Å². The van der Waals surface area contributed by atoms with Crippen molar-refractivity contribution in [2.24, 2.45) is 0 Å². The maximum absolute atomic E-state index is 6.63. The smallest absolute Gasteiger partial charge is 0.213 e. The van der Waals surface area contributed by atoms with Crippen LogP contribution in [0.3, 0.4) is 0 Å². The molecule has 0 saturated carbocycles. The minimum Gasteiger partial charge on any atom is -0.484 e. The van der Waals surface area contributed by atoms with E-state index in [1.807, 2.05) is 18.3 Å². The highest BCUT2D eigenvalue weighted by molar-refractivity contribution is 6.69. The Morgan fingerprint density at radius 2 is 1.66 bits per heavy atom. The Kier molecular flexibility index (Phi) is 5.95. The molecule has 158 valence electrons. The molecule has 0 spiro atoms. The Balaban J connectivity index is 1.71. The van der Waals surface area contributed by atoms with Crippen molar-refractivity contribution in [3.8, 4) is 17.1 Å². The maximum Gasteiger partial charge on any atom is 0.213 e. The Morgan fingerprint density at radius 1 is 0.969 bits per heavy atom. The molecule has 0 aliphatic carbocycles. The summed E-state index contributed by atoms with van der Waals surface area (Å²) < 4.78 is 12.1. The van der Waals surface area contributed by atoms with E-state index in [1.165, 1.54) is 0 Å². The lowest BCUT2D eigenvalue weighted by Gasteiger charge is -2.52. The van der Waals surface area contributed by atoms with Crippen LogP contribution in [0.1, 0.15) is 0 Å². The van der Waals surface area contributed by atoms with Crippen molar-refractivity contribution in [1.82, 2.24) is 20.2 Å². The first kappa shape index (κ1) is 23.0. The van der Waals surface area contributed by atoms with Crippen LogP contribution in [0.4, 0.5) is 5.82 Å². The molecular formula is C18H28B7N5O2. The predicted octanol–water partition coefficient (Wildman–Crippen LogP) is -4.49. The van der Waals surface area contributed by atoms with Crippen LogP contribution in [0.25, 0.3) is 22.2 Å². The SMILES string of the molecule is BC(B)(B)C(B)(Oc1cc2c(-c3ccnc(N4CCOCC4)c3)n[nH]c2cn1)C(B)(B)B. The Morgan fingerprint density at radius 3 is 2.31 bits per heavy atom. The lowest BCUT2D eigenvalue weighted by Crippen LogP contribution is -2.59. The second kappa shape index (κ2) is 8.29. The third-order valence-electron chi connectivity index (χ3n) is 6.95. The molecule has 3 aromatic rings. The van der Waals surface area contributed by atoms with Crippen LogP contribution >= 0.6 is 0 Å². The van der Waals surface area contributed by atoms with E-state index in [4.69, 9.17) is 9.47 Å². The molecule has 1 aliphatic rings. The van der Waals surface area contributed by atoms with Crippen molar-refractivity contribution in [3.63, 3.8) is 0 Å². The lowest BCUT2D eigenvalue weighted by atomic mass is 9.19. The van der Waals surface area contributed by atoms with E-state index in [0.717, 1.165) is 54.3 Å². The summed E-state index contributed by atoms with van der Waals surface area (Å²) in [6.45, 7) is 3.14. The van der Waals surface area contributed by atoms with Crippen molar-refractivity contribution >= 4 is 71.6 Å². The molecule has 1 aliphatic heterocycles. The molecule has 0 bridgehead atoms. The molecule has 1 saturated heterocycles. The van der Waals surface area contributed by atoms with Gasteiger partial charge in [0.2, 0.25) is 5.88 Å². The molecule has 1 fully saturated rings. The molecule has 0 unspecified atom stereocenters. The minimum absolute atomic E-state index is 0.0841. The number of rotatable bonds is 6. The molecule has 14 heteroatoms. The van der Waals surface area contributed by atoms with Gasteiger partial charge in [0.1, 0.15) is 11.5 Å². The summed E-state index contributed by atoms with van der Waals surface area (Å²) in [6.07, 6.45) is 3.65. The molecular weight excluding hydrogens is 394 g/mol. The number of anilines is 1. The summed E-state index contributed by atoms with van der Waals surface area (Å²) in [7, 11) is 15.4. The summed E-state index contributed by atoms with van der Waals surface area (Å²) in [5.41, 5.74) is 2.34. The van der Waals surface area contributed by atoms with Gasteiger partial charge in [-0.15, -0.1) is 0 Å². The number of hydrogen-bond donors (Lipinski definition) is 1. The fourth-order valence-corrected chi connectivity index (χ4v) is 4.34. The van der Waals surface area contributed by atoms with Gasteiger partial charge in [0.25, 0.3) is 0 Å². The zero-order chi connectivity index (χ0) is 23.1. The molecule has 4 heterocycles. The van der Waals surface area contributed by atoms with Crippen molar-refractivity contribution in [2.75, 3.05) is 31.2 Å². The third kappa shape index (κ3) is 4.21. The van der Waals surface area contributed by atoms with E-state index < -0.39 is 5.50 Å². The second-order valence-corrected chi connectivity index (χ2v) is 10.8. The number of aromatic amines is 1. The standard InChI is InChI=1S/C18H28B7N5O2/c19-16(17(20,21)22,18(23,24)25)32-14-8-11-12(9-27-14)28-29-15(11)10-1-2-26-13(7-10)30-3-5-31-6-4-30/h1-2,7-9H,3-6,19-25H2,(H,28,29).